The summed E-state index contributed by atoms with van der Waals surface area (Å²) in [5, 5.41) is 12.7. The summed E-state index contributed by atoms with van der Waals surface area (Å²) in [6.45, 7) is 3.95. The van der Waals surface area contributed by atoms with Crippen molar-refractivity contribution < 1.29 is 14.5 Å². The zero-order chi connectivity index (χ0) is 18.1. The van der Waals surface area contributed by atoms with E-state index >= 15 is 0 Å². The van der Waals surface area contributed by atoms with Crippen molar-refractivity contribution in [2.45, 2.75) is 26.7 Å². The maximum atomic E-state index is 9.67. The van der Waals surface area contributed by atoms with Gasteiger partial charge in [0.15, 0.2) is 0 Å². The number of aliphatic hydroxyl groups excluding tert-OH is 1. The van der Waals surface area contributed by atoms with E-state index < -0.39 is 0 Å². The molecule has 133 valence electrons. The van der Waals surface area contributed by atoms with Crippen LogP contribution >= 0.6 is 0 Å². The predicted octanol–water partition coefficient (Wildman–Crippen LogP) is 2.23. The number of hydrogen-bond acceptors (Lipinski definition) is 5. The summed E-state index contributed by atoms with van der Waals surface area (Å²) < 4.78 is 10.8. The Balaban J connectivity index is 1.97. The van der Waals surface area contributed by atoms with E-state index in [1.165, 1.54) is 5.56 Å². The molecule has 0 fully saturated rings. The second-order valence-corrected chi connectivity index (χ2v) is 6.05. The van der Waals surface area contributed by atoms with Gasteiger partial charge in [0.25, 0.3) is 0 Å². The molecule has 0 spiro atoms. The van der Waals surface area contributed by atoms with Gasteiger partial charge in [-0.25, -0.2) is 0 Å². The van der Waals surface area contributed by atoms with Gasteiger partial charge in [0.05, 0.1) is 6.61 Å². The summed E-state index contributed by atoms with van der Waals surface area (Å²) in [6, 6.07) is 14.1. The smallest absolute Gasteiger partial charge is 0.396 e. The van der Waals surface area contributed by atoms with Crippen LogP contribution in [0.4, 0.5) is 0 Å². The average Bonchev–Trinajstić information content (AvgIpc) is 2.62. The molecule has 0 aromatic heterocycles. The first-order chi connectivity index (χ1) is 12.1. The molecule has 2 aromatic carbocycles. The first-order valence-corrected chi connectivity index (χ1v) is 8.30. The number of aliphatic hydroxyl groups is 1. The Morgan fingerprint density at radius 1 is 1.16 bits per heavy atom. The molecule has 5 nitrogen and oxygen atoms in total. The highest BCUT2D eigenvalue weighted by Crippen LogP contribution is 2.22. The Morgan fingerprint density at radius 2 is 1.96 bits per heavy atom. The van der Waals surface area contributed by atoms with Crippen LogP contribution in [0.5, 0.6) is 5.75 Å². The van der Waals surface area contributed by atoms with Gasteiger partial charge < -0.3 is 19.7 Å². The van der Waals surface area contributed by atoms with Crippen molar-refractivity contribution in [2.75, 3.05) is 20.8 Å². The van der Waals surface area contributed by atoms with E-state index in [1.54, 1.807) is 14.7 Å². The van der Waals surface area contributed by atoms with Crippen molar-refractivity contribution >= 4 is 7.62 Å². The van der Waals surface area contributed by atoms with Gasteiger partial charge in [0, 0.05) is 25.9 Å². The highest BCUT2D eigenvalue weighted by molar-refractivity contribution is 6.23. The number of rotatable bonds is 10. The van der Waals surface area contributed by atoms with Crippen molar-refractivity contribution in [3.8, 4) is 5.75 Å². The molecule has 0 unspecified atom stereocenters. The highest BCUT2D eigenvalue weighted by Gasteiger charge is 2.08. The fraction of sp³-hybridized carbons (Fsp3) is 0.368. The third-order valence-corrected chi connectivity index (χ3v) is 3.95. The van der Waals surface area contributed by atoms with Crippen molar-refractivity contribution in [3.63, 3.8) is 0 Å². The van der Waals surface area contributed by atoms with Gasteiger partial charge in [-0.1, -0.05) is 30.3 Å². The lowest BCUT2D eigenvalue weighted by Gasteiger charge is -2.18. The van der Waals surface area contributed by atoms with Crippen LogP contribution in [0.15, 0.2) is 42.5 Å². The van der Waals surface area contributed by atoms with Crippen molar-refractivity contribution in [2.24, 2.45) is 0 Å². The van der Waals surface area contributed by atoms with E-state index in [2.05, 4.69) is 29.2 Å². The quantitative estimate of drug-likeness (QED) is 0.394. The molecule has 0 aliphatic rings. The van der Waals surface area contributed by atoms with Gasteiger partial charge in [-0.3, -0.25) is 4.90 Å². The molecule has 0 saturated carbocycles. The molecule has 2 N–H and O–H groups in total. The van der Waals surface area contributed by atoms with Gasteiger partial charge in [-0.05, 0) is 42.8 Å². The Kier molecular flexibility index (Phi) is 7.95. The summed E-state index contributed by atoms with van der Waals surface area (Å²) in [7, 11) is 5.17. The number of hydrogen-bond donors (Lipinski definition) is 2. The lowest BCUT2D eigenvalue weighted by atomic mass is 10.1. The third kappa shape index (κ3) is 6.18. The third-order valence-electron chi connectivity index (χ3n) is 3.95. The Labute approximate surface area is 150 Å². The Bertz CT molecular complexity index is 667. The van der Waals surface area contributed by atoms with Crippen LogP contribution in [0.1, 0.15) is 22.3 Å². The van der Waals surface area contributed by atoms with E-state index in [0.29, 0.717) is 13.3 Å². The lowest BCUT2D eigenvalue weighted by Crippen LogP contribution is -2.33. The minimum absolute atomic E-state index is 0.0453. The molecule has 0 saturated heterocycles. The highest BCUT2D eigenvalue weighted by atomic mass is 16.5. The molecule has 2 aromatic rings. The van der Waals surface area contributed by atoms with Crippen LogP contribution < -0.4 is 9.96 Å². The normalized spacial score (nSPS) is 10.9. The first kappa shape index (κ1) is 19.5. The van der Waals surface area contributed by atoms with E-state index in [1.807, 2.05) is 37.4 Å². The molecule has 1 radical (unpaired) electrons. The minimum atomic E-state index is -0.0453. The van der Waals surface area contributed by atoms with Crippen molar-refractivity contribution in [3.05, 3.63) is 64.7 Å². The van der Waals surface area contributed by atoms with Crippen LogP contribution in [0.25, 0.3) is 0 Å². The summed E-state index contributed by atoms with van der Waals surface area (Å²) in [6.07, 6.45) is 0. The zero-order valence-corrected chi connectivity index (χ0v) is 15.2. The standard InChI is InChI=1S/C19H26BN2O3/c1-15-6-4-5-7-17(15)13-25-19-9-8-16(10-18(19)12-23)11-22(2)14-21-20-24-3/h4-10,21,23H,11-14H2,1-3H3. The molecule has 0 heterocycles. The molecule has 6 heteroatoms. The minimum Gasteiger partial charge on any atom is -0.489 e. The number of ether oxygens (including phenoxy) is 1. The fourth-order valence-electron chi connectivity index (χ4n) is 2.57. The molecule has 0 aliphatic heterocycles. The van der Waals surface area contributed by atoms with Crippen LogP contribution in [0.3, 0.4) is 0 Å². The SMILES string of the molecule is CO[B]NCN(C)Cc1ccc(OCc2ccccc2C)c(CO)c1. The van der Waals surface area contributed by atoms with Crippen molar-refractivity contribution in [1.82, 2.24) is 10.1 Å². The zero-order valence-electron chi connectivity index (χ0n) is 15.2. The van der Waals surface area contributed by atoms with E-state index in [9.17, 15) is 5.11 Å². The molecule has 25 heavy (non-hydrogen) atoms. The molecule has 0 aliphatic carbocycles. The van der Waals surface area contributed by atoms with Crippen LogP contribution in [0.2, 0.25) is 0 Å². The largest absolute Gasteiger partial charge is 0.489 e. The Hall–Kier alpha value is -1.86. The summed E-state index contributed by atoms with van der Waals surface area (Å²) in [5.74, 6) is 0.725. The summed E-state index contributed by atoms with van der Waals surface area (Å²) in [5.41, 5.74) is 4.27. The van der Waals surface area contributed by atoms with Crippen molar-refractivity contribution in [1.29, 1.82) is 0 Å². The number of nitrogens with one attached hydrogen (secondary N) is 1. The van der Waals surface area contributed by atoms with Gasteiger partial charge in [-0.2, -0.15) is 0 Å². The number of benzene rings is 2. The van der Waals surface area contributed by atoms with Gasteiger partial charge in [0.2, 0.25) is 0 Å². The van der Waals surface area contributed by atoms with Gasteiger partial charge in [-0.15, -0.1) is 0 Å². The summed E-state index contributed by atoms with van der Waals surface area (Å²) in [4.78, 5) is 2.11. The first-order valence-electron chi connectivity index (χ1n) is 8.30. The lowest BCUT2D eigenvalue weighted by molar-refractivity contribution is 0.258. The maximum Gasteiger partial charge on any atom is 0.396 e. The maximum absolute atomic E-state index is 9.67. The molecule has 0 amide bonds. The van der Waals surface area contributed by atoms with Crippen LogP contribution in [-0.4, -0.2) is 38.4 Å². The average molecular weight is 341 g/mol. The second kappa shape index (κ2) is 10.2. The molecule has 0 atom stereocenters. The van der Waals surface area contributed by atoms with Gasteiger partial charge >= 0.3 is 7.62 Å². The van der Waals surface area contributed by atoms with E-state index in [-0.39, 0.29) is 6.61 Å². The molecule has 2 rings (SSSR count). The molecular weight excluding hydrogens is 315 g/mol. The second-order valence-electron chi connectivity index (χ2n) is 6.05. The van der Waals surface area contributed by atoms with Crippen LogP contribution in [-0.2, 0) is 24.4 Å². The molecular formula is C19H26BN2O3. The molecule has 0 bridgehead atoms. The topological polar surface area (TPSA) is 54.0 Å². The fourth-order valence-corrected chi connectivity index (χ4v) is 2.57. The van der Waals surface area contributed by atoms with E-state index in [4.69, 9.17) is 9.39 Å². The van der Waals surface area contributed by atoms with E-state index in [0.717, 1.165) is 29.0 Å². The Morgan fingerprint density at radius 3 is 2.68 bits per heavy atom. The number of aryl methyl sites for hydroxylation is 1. The van der Waals surface area contributed by atoms with Crippen LogP contribution in [0, 0.1) is 6.92 Å². The predicted molar refractivity (Wildman–Crippen MR) is 100 cm³/mol. The van der Waals surface area contributed by atoms with Gasteiger partial charge in [0.1, 0.15) is 12.4 Å². The monoisotopic (exact) mass is 341 g/mol. The summed E-state index contributed by atoms with van der Waals surface area (Å²) >= 11 is 0. The number of nitrogens with zero attached hydrogens (tertiary/aromatic N) is 1.